The summed E-state index contributed by atoms with van der Waals surface area (Å²) in [5, 5.41) is 1.12. The molecule has 0 aliphatic carbocycles. The summed E-state index contributed by atoms with van der Waals surface area (Å²) in [6, 6.07) is 9.32. The van der Waals surface area contributed by atoms with Gasteiger partial charge in [0.2, 0.25) is 0 Å². The number of nitrogens with one attached hydrogen (secondary N) is 1. The van der Waals surface area contributed by atoms with Crippen molar-refractivity contribution in [3.05, 3.63) is 36.0 Å². The van der Waals surface area contributed by atoms with Crippen LogP contribution >= 0.6 is 0 Å². The first kappa shape index (κ1) is 10.7. The maximum Gasteiger partial charge on any atom is 0.323 e. The fourth-order valence-electron chi connectivity index (χ4n) is 1.72. The number of carbonyl (C=O) groups excluding carboxylic acids is 1. The number of fused-ring (bicyclic) bond motifs is 1. The minimum absolute atomic E-state index is 0.390. The lowest BCUT2D eigenvalue weighted by molar-refractivity contribution is -0.142. The molecule has 4 nitrogen and oxygen atoms in total. The van der Waals surface area contributed by atoms with Gasteiger partial charge in [-0.25, -0.2) is 0 Å². The third-order valence-corrected chi connectivity index (χ3v) is 2.53. The first-order valence-electron chi connectivity index (χ1n) is 5.11. The number of hydrogen-bond donors (Lipinski definition) is 2. The quantitative estimate of drug-likeness (QED) is 0.761. The molecular weight excluding hydrogens is 204 g/mol. The van der Waals surface area contributed by atoms with Crippen LogP contribution in [-0.4, -0.2) is 24.1 Å². The van der Waals surface area contributed by atoms with E-state index in [1.807, 2.05) is 30.3 Å². The van der Waals surface area contributed by atoms with E-state index in [0.29, 0.717) is 6.42 Å². The van der Waals surface area contributed by atoms with Gasteiger partial charge in [0, 0.05) is 17.6 Å². The second-order valence-electron chi connectivity index (χ2n) is 3.72. The van der Waals surface area contributed by atoms with Gasteiger partial charge in [0.1, 0.15) is 6.04 Å². The van der Waals surface area contributed by atoms with Gasteiger partial charge in [-0.3, -0.25) is 4.79 Å². The standard InChI is InChI=1S/C12H14N2O2/c1-16-12(15)10(13)7-9-6-8-4-2-3-5-11(8)14-9/h2-6,10,14H,7,13H2,1H3/t10-/m1/s1. The van der Waals surface area contributed by atoms with Gasteiger partial charge in [-0.2, -0.15) is 0 Å². The third kappa shape index (κ3) is 2.06. The van der Waals surface area contributed by atoms with Crippen LogP contribution in [0, 0.1) is 0 Å². The number of nitrogens with two attached hydrogens (primary N) is 1. The fourth-order valence-corrected chi connectivity index (χ4v) is 1.72. The molecule has 0 amide bonds. The number of rotatable bonds is 3. The largest absolute Gasteiger partial charge is 0.468 e. The van der Waals surface area contributed by atoms with E-state index in [1.54, 1.807) is 0 Å². The predicted molar refractivity (Wildman–Crippen MR) is 62.0 cm³/mol. The molecule has 84 valence electrons. The molecule has 0 fully saturated rings. The van der Waals surface area contributed by atoms with Crippen LogP contribution in [0.2, 0.25) is 0 Å². The lowest BCUT2D eigenvalue weighted by Gasteiger charge is -2.06. The van der Waals surface area contributed by atoms with Gasteiger partial charge in [0.15, 0.2) is 0 Å². The summed E-state index contributed by atoms with van der Waals surface area (Å²) in [6.45, 7) is 0. The van der Waals surface area contributed by atoms with Crippen LogP contribution < -0.4 is 5.73 Å². The predicted octanol–water partition coefficient (Wildman–Crippen LogP) is 1.21. The number of H-pyrrole nitrogens is 1. The summed E-state index contributed by atoms with van der Waals surface area (Å²) in [6.07, 6.45) is 0.460. The van der Waals surface area contributed by atoms with Gasteiger partial charge in [-0.15, -0.1) is 0 Å². The molecule has 2 rings (SSSR count). The molecule has 0 saturated heterocycles. The van der Waals surface area contributed by atoms with Gasteiger partial charge in [-0.1, -0.05) is 18.2 Å². The molecule has 0 unspecified atom stereocenters. The molecule has 0 bridgehead atoms. The summed E-state index contributed by atoms with van der Waals surface area (Å²) < 4.78 is 4.58. The zero-order valence-electron chi connectivity index (χ0n) is 9.07. The van der Waals surface area contributed by atoms with Crippen LogP contribution in [0.15, 0.2) is 30.3 Å². The maximum atomic E-state index is 11.2. The highest BCUT2D eigenvalue weighted by Crippen LogP contribution is 2.15. The van der Waals surface area contributed by atoms with Crippen molar-refractivity contribution in [3.8, 4) is 0 Å². The monoisotopic (exact) mass is 218 g/mol. The van der Waals surface area contributed by atoms with Crippen molar-refractivity contribution in [2.24, 2.45) is 5.73 Å². The van der Waals surface area contributed by atoms with Gasteiger partial charge >= 0.3 is 5.97 Å². The Labute approximate surface area is 93.4 Å². The molecule has 1 aromatic carbocycles. The number of aromatic amines is 1. The van der Waals surface area contributed by atoms with E-state index in [0.717, 1.165) is 16.6 Å². The Bertz CT molecular complexity index is 471. The number of aromatic nitrogens is 1. The topological polar surface area (TPSA) is 68.1 Å². The van der Waals surface area contributed by atoms with Crippen molar-refractivity contribution in [2.75, 3.05) is 7.11 Å². The third-order valence-electron chi connectivity index (χ3n) is 2.53. The number of benzene rings is 1. The van der Waals surface area contributed by atoms with E-state index >= 15 is 0 Å². The van der Waals surface area contributed by atoms with Crippen molar-refractivity contribution in [3.63, 3.8) is 0 Å². The summed E-state index contributed by atoms with van der Waals surface area (Å²) in [5.41, 5.74) is 7.68. The summed E-state index contributed by atoms with van der Waals surface area (Å²) in [5.74, 6) is -0.390. The van der Waals surface area contributed by atoms with Crippen LogP contribution in [-0.2, 0) is 16.0 Å². The zero-order valence-corrected chi connectivity index (χ0v) is 9.07. The van der Waals surface area contributed by atoms with Crippen LogP contribution in [0.4, 0.5) is 0 Å². The van der Waals surface area contributed by atoms with E-state index in [2.05, 4.69) is 9.72 Å². The lowest BCUT2D eigenvalue weighted by Crippen LogP contribution is -2.33. The highest BCUT2D eigenvalue weighted by atomic mass is 16.5. The Kier molecular flexibility index (Phi) is 2.92. The minimum atomic E-state index is -0.613. The second-order valence-corrected chi connectivity index (χ2v) is 3.72. The fraction of sp³-hybridized carbons (Fsp3) is 0.250. The molecule has 1 atom stereocenters. The average molecular weight is 218 g/mol. The minimum Gasteiger partial charge on any atom is -0.468 e. The van der Waals surface area contributed by atoms with E-state index in [9.17, 15) is 4.79 Å². The Hall–Kier alpha value is -1.81. The number of ether oxygens (including phenoxy) is 1. The molecule has 0 aliphatic heterocycles. The Morgan fingerprint density at radius 1 is 1.50 bits per heavy atom. The van der Waals surface area contributed by atoms with Crippen molar-refractivity contribution in [1.29, 1.82) is 0 Å². The summed E-state index contributed by atoms with van der Waals surface area (Å²) >= 11 is 0. The number of esters is 1. The highest BCUT2D eigenvalue weighted by Gasteiger charge is 2.15. The first-order valence-corrected chi connectivity index (χ1v) is 5.11. The van der Waals surface area contributed by atoms with Crippen molar-refractivity contribution < 1.29 is 9.53 Å². The highest BCUT2D eigenvalue weighted by molar-refractivity contribution is 5.81. The average Bonchev–Trinajstić information content (AvgIpc) is 2.69. The molecule has 2 aromatic rings. The van der Waals surface area contributed by atoms with Crippen molar-refractivity contribution in [1.82, 2.24) is 4.98 Å². The molecule has 0 aliphatic rings. The Morgan fingerprint density at radius 3 is 2.94 bits per heavy atom. The van der Waals surface area contributed by atoms with Crippen LogP contribution in [0.5, 0.6) is 0 Å². The molecule has 1 aromatic heterocycles. The number of para-hydroxylation sites is 1. The van der Waals surface area contributed by atoms with Gasteiger partial charge in [0.05, 0.1) is 7.11 Å². The molecule has 3 N–H and O–H groups in total. The maximum absolute atomic E-state index is 11.2. The van der Waals surface area contributed by atoms with Gasteiger partial charge < -0.3 is 15.5 Å². The Morgan fingerprint density at radius 2 is 2.25 bits per heavy atom. The van der Waals surface area contributed by atoms with Gasteiger partial charge in [0.25, 0.3) is 0 Å². The van der Waals surface area contributed by atoms with E-state index in [1.165, 1.54) is 7.11 Å². The van der Waals surface area contributed by atoms with E-state index in [4.69, 9.17) is 5.73 Å². The molecule has 1 heterocycles. The number of carbonyl (C=O) groups is 1. The van der Waals surface area contributed by atoms with E-state index < -0.39 is 12.0 Å². The molecule has 4 heteroatoms. The molecule has 0 radical (unpaired) electrons. The van der Waals surface area contributed by atoms with Crippen molar-refractivity contribution >= 4 is 16.9 Å². The second kappa shape index (κ2) is 4.37. The van der Waals surface area contributed by atoms with Crippen molar-refractivity contribution in [2.45, 2.75) is 12.5 Å². The summed E-state index contributed by atoms with van der Waals surface area (Å²) in [7, 11) is 1.34. The van der Waals surface area contributed by atoms with Crippen LogP contribution in [0.3, 0.4) is 0 Å². The number of hydrogen-bond acceptors (Lipinski definition) is 3. The number of methoxy groups -OCH3 is 1. The molecular formula is C12H14N2O2. The van der Waals surface area contributed by atoms with E-state index in [-0.39, 0.29) is 0 Å². The smallest absolute Gasteiger partial charge is 0.323 e. The first-order chi connectivity index (χ1) is 7.70. The normalized spacial score (nSPS) is 12.6. The summed E-state index contributed by atoms with van der Waals surface area (Å²) in [4.78, 5) is 14.4. The Balaban J connectivity index is 2.18. The SMILES string of the molecule is COC(=O)[C@H](N)Cc1cc2ccccc2[nH]1. The zero-order chi connectivity index (χ0) is 11.5. The van der Waals surface area contributed by atoms with Gasteiger partial charge in [-0.05, 0) is 17.5 Å². The lowest BCUT2D eigenvalue weighted by atomic mass is 10.1. The molecule has 0 saturated carbocycles. The molecule has 16 heavy (non-hydrogen) atoms. The van der Waals surface area contributed by atoms with Crippen LogP contribution in [0.25, 0.3) is 10.9 Å². The van der Waals surface area contributed by atoms with Crippen LogP contribution in [0.1, 0.15) is 5.69 Å². The molecule has 0 spiro atoms.